The number of fused-ring (bicyclic) bond motifs is 1. The highest BCUT2D eigenvalue weighted by atomic mass is 16.7. The molecule has 0 heterocycles. The van der Waals surface area contributed by atoms with Crippen LogP contribution >= 0.6 is 0 Å². The van der Waals surface area contributed by atoms with E-state index in [2.05, 4.69) is 11.4 Å². The van der Waals surface area contributed by atoms with Gasteiger partial charge in [-0.3, -0.25) is 4.79 Å². The molecule has 0 spiro atoms. The zero-order valence-electron chi connectivity index (χ0n) is 20.9. The second-order valence-electron chi connectivity index (χ2n) is 8.19. The lowest BCUT2D eigenvalue weighted by Gasteiger charge is -2.22. The van der Waals surface area contributed by atoms with E-state index in [1.54, 1.807) is 28.4 Å². The van der Waals surface area contributed by atoms with Crippen molar-refractivity contribution in [3.05, 3.63) is 47.5 Å². The number of hydrogen-bond acceptors (Lipinski definition) is 6. The molecule has 0 radical (unpaired) electrons. The number of amides is 1. The van der Waals surface area contributed by atoms with Crippen molar-refractivity contribution in [3.63, 3.8) is 0 Å². The Hall–Kier alpha value is -3.45. The molecule has 0 aliphatic rings. The highest BCUT2D eigenvalue weighted by molar-refractivity contribution is 6.02. The molecule has 0 saturated heterocycles. The van der Waals surface area contributed by atoms with Gasteiger partial charge in [-0.25, -0.2) is 0 Å². The molecule has 3 rings (SSSR count). The Labute approximate surface area is 200 Å². The molecule has 0 saturated carbocycles. The van der Waals surface area contributed by atoms with Crippen LogP contribution in [0.5, 0.6) is 23.0 Å². The molecule has 0 unspecified atom stereocenters. The summed E-state index contributed by atoms with van der Waals surface area (Å²) >= 11 is 0. The first-order valence-electron chi connectivity index (χ1n) is 11.1. The van der Waals surface area contributed by atoms with E-state index in [0.717, 1.165) is 33.0 Å². The fourth-order valence-corrected chi connectivity index (χ4v) is 4.35. The van der Waals surface area contributed by atoms with Crippen LogP contribution in [0.3, 0.4) is 0 Å². The summed E-state index contributed by atoms with van der Waals surface area (Å²) in [5.74, 6) is 2.55. The van der Waals surface area contributed by atoms with Gasteiger partial charge in [-0.2, -0.15) is 0 Å². The molecule has 182 valence electrons. The van der Waals surface area contributed by atoms with Gasteiger partial charge in [0.1, 0.15) is 23.0 Å². The lowest BCUT2D eigenvalue weighted by molar-refractivity contribution is -0.119. The summed E-state index contributed by atoms with van der Waals surface area (Å²) in [7, 11) is 6.49. The third-order valence-electron chi connectivity index (χ3n) is 5.63. The summed E-state index contributed by atoms with van der Waals surface area (Å²) in [4.78, 5) is 11.5. The molecule has 0 fully saturated rings. The number of hydrogen-bond donors (Lipinski definition) is 1. The second kappa shape index (κ2) is 11.1. The van der Waals surface area contributed by atoms with Crippen molar-refractivity contribution >= 4 is 16.7 Å². The lowest BCUT2D eigenvalue weighted by atomic mass is 9.91. The molecule has 0 bridgehead atoms. The molecule has 3 aromatic carbocycles. The summed E-state index contributed by atoms with van der Waals surface area (Å²) in [5.41, 5.74) is 3.58. The predicted molar refractivity (Wildman–Crippen MR) is 133 cm³/mol. The summed E-state index contributed by atoms with van der Waals surface area (Å²) in [6, 6.07) is 11.9. The molecule has 1 amide bonds. The number of ether oxygens (including phenoxy) is 5. The van der Waals surface area contributed by atoms with Gasteiger partial charge in [-0.1, -0.05) is 18.2 Å². The fourth-order valence-electron chi connectivity index (χ4n) is 4.35. The highest BCUT2D eigenvalue weighted by Gasteiger charge is 2.24. The first kappa shape index (κ1) is 25.2. The minimum absolute atomic E-state index is 0.0370. The van der Waals surface area contributed by atoms with E-state index in [1.165, 1.54) is 6.92 Å². The molecule has 0 aromatic heterocycles. The number of methoxy groups -OCH3 is 4. The van der Waals surface area contributed by atoms with E-state index >= 15 is 0 Å². The minimum Gasteiger partial charge on any atom is -0.496 e. The molecule has 7 nitrogen and oxygen atoms in total. The molecule has 1 N–H and O–H groups in total. The van der Waals surface area contributed by atoms with Crippen LogP contribution in [0, 0.1) is 6.92 Å². The maximum Gasteiger partial charge on any atom is 0.217 e. The molecular weight excluding hydrogens is 434 g/mol. The Bertz CT molecular complexity index is 1150. The van der Waals surface area contributed by atoms with E-state index in [4.69, 9.17) is 23.7 Å². The van der Waals surface area contributed by atoms with Crippen LogP contribution < -0.4 is 24.3 Å². The maximum atomic E-state index is 11.5. The standard InChI is InChI=1S/C27H33NO6/c1-16-11-20-9-8-10-21(31-5)25(20)27(34-15-30-4)24(16)26-22(32-6)13-19(14-23(26)33-7)12-17(2)28-18(3)29/h8-11,13-14,17H,12,15H2,1-7H3,(H,28,29)/t17-/m0/s1. The SMILES string of the molecule is COCOc1c(-c2c(OC)cc(C[C@H](C)NC(C)=O)cc2OC)c(C)cc2cccc(OC)c12. The predicted octanol–water partition coefficient (Wildman–Crippen LogP) is 4.89. The van der Waals surface area contributed by atoms with Crippen molar-refractivity contribution in [2.24, 2.45) is 0 Å². The number of benzene rings is 3. The second-order valence-corrected chi connectivity index (χ2v) is 8.19. The smallest absolute Gasteiger partial charge is 0.217 e. The van der Waals surface area contributed by atoms with Crippen LogP contribution in [0.25, 0.3) is 21.9 Å². The molecule has 34 heavy (non-hydrogen) atoms. The summed E-state index contributed by atoms with van der Waals surface area (Å²) < 4.78 is 28.8. The Morgan fingerprint density at radius 3 is 2.15 bits per heavy atom. The largest absolute Gasteiger partial charge is 0.496 e. The highest BCUT2D eigenvalue weighted by Crippen LogP contribution is 2.50. The fraction of sp³-hybridized carbons (Fsp3) is 0.370. The van der Waals surface area contributed by atoms with Crippen LogP contribution in [-0.4, -0.2) is 47.2 Å². The lowest BCUT2D eigenvalue weighted by Crippen LogP contribution is -2.32. The van der Waals surface area contributed by atoms with E-state index in [1.807, 2.05) is 44.2 Å². The van der Waals surface area contributed by atoms with E-state index in [9.17, 15) is 4.79 Å². The summed E-state index contributed by atoms with van der Waals surface area (Å²) in [5, 5.41) is 4.75. The van der Waals surface area contributed by atoms with Crippen LogP contribution in [-0.2, 0) is 16.0 Å². The van der Waals surface area contributed by atoms with Crippen LogP contribution in [0.4, 0.5) is 0 Å². The Kier molecular flexibility index (Phi) is 8.23. The molecule has 0 aliphatic carbocycles. The molecule has 1 atom stereocenters. The third-order valence-corrected chi connectivity index (χ3v) is 5.63. The summed E-state index contributed by atoms with van der Waals surface area (Å²) in [6.07, 6.45) is 0.629. The zero-order chi connectivity index (χ0) is 24.8. The van der Waals surface area contributed by atoms with E-state index in [-0.39, 0.29) is 18.7 Å². The number of carbonyl (C=O) groups excluding carboxylic acids is 1. The van der Waals surface area contributed by atoms with Gasteiger partial charge in [0.05, 0.1) is 32.3 Å². The number of aryl methyl sites for hydroxylation is 1. The first-order valence-corrected chi connectivity index (χ1v) is 11.1. The van der Waals surface area contributed by atoms with E-state index < -0.39 is 0 Å². The topological polar surface area (TPSA) is 75.2 Å². The van der Waals surface area contributed by atoms with Gasteiger partial charge in [0, 0.05) is 25.6 Å². The van der Waals surface area contributed by atoms with Gasteiger partial charge in [0.25, 0.3) is 0 Å². The molecule has 7 heteroatoms. The Morgan fingerprint density at radius 2 is 1.59 bits per heavy atom. The van der Waals surface area contributed by atoms with Crippen molar-refractivity contribution in [1.29, 1.82) is 0 Å². The average Bonchev–Trinajstić information content (AvgIpc) is 2.80. The quantitative estimate of drug-likeness (QED) is 0.428. The van der Waals surface area contributed by atoms with Crippen molar-refractivity contribution in [3.8, 4) is 34.1 Å². The maximum absolute atomic E-state index is 11.5. The zero-order valence-corrected chi connectivity index (χ0v) is 20.9. The van der Waals surface area contributed by atoms with Gasteiger partial charge in [-0.05, 0) is 55.0 Å². The van der Waals surface area contributed by atoms with Crippen molar-refractivity contribution in [2.45, 2.75) is 33.2 Å². The van der Waals surface area contributed by atoms with Crippen LogP contribution in [0.2, 0.25) is 0 Å². The molecule has 0 aliphatic heterocycles. The van der Waals surface area contributed by atoms with Gasteiger partial charge >= 0.3 is 0 Å². The first-order chi connectivity index (χ1) is 16.3. The number of carbonyl (C=O) groups is 1. The van der Waals surface area contributed by atoms with Gasteiger partial charge < -0.3 is 29.0 Å². The average molecular weight is 468 g/mol. The van der Waals surface area contributed by atoms with Crippen molar-refractivity contribution in [1.82, 2.24) is 5.32 Å². The minimum atomic E-state index is -0.0660. The molecule has 3 aromatic rings. The van der Waals surface area contributed by atoms with Gasteiger partial charge in [-0.15, -0.1) is 0 Å². The molecular formula is C27H33NO6. The summed E-state index contributed by atoms with van der Waals surface area (Å²) in [6.45, 7) is 5.57. The number of nitrogens with one attached hydrogen (secondary N) is 1. The Morgan fingerprint density at radius 1 is 0.941 bits per heavy atom. The van der Waals surface area contributed by atoms with Crippen molar-refractivity contribution in [2.75, 3.05) is 35.2 Å². The van der Waals surface area contributed by atoms with Crippen molar-refractivity contribution < 1.29 is 28.5 Å². The van der Waals surface area contributed by atoms with E-state index in [0.29, 0.717) is 29.4 Å². The van der Waals surface area contributed by atoms with Gasteiger partial charge in [0.2, 0.25) is 5.91 Å². The third kappa shape index (κ3) is 5.20. The van der Waals surface area contributed by atoms with Gasteiger partial charge in [0.15, 0.2) is 6.79 Å². The normalized spacial score (nSPS) is 11.7. The monoisotopic (exact) mass is 467 g/mol. The number of rotatable bonds is 10. The Balaban J connectivity index is 2.29. The van der Waals surface area contributed by atoms with Crippen LogP contribution in [0.15, 0.2) is 36.4 Å². The van der Waals surface area contributed by atoms with Crippen LogP contribution in [0.1, 0.15) is 25.0 Å².